The van der Waals surface area contributed by atoms with E-state index in [-0.39, 0.29) is 23.4 Å². The number of carbonyl (C=O) groups excluding carboxylic acids is 1. The number of anilines is 1. The van der Waals surface area contributed by atoms with Crippen LogP contribution in [0.2, 0.25) is 0 Å². The molecule has 1 N–H and O–H groups in total. The lowest BCUT2D eigenvalue weighted by Gasteiger charge is -2.11. The Morgan fingerprint density at radius 3 is 2.24 bits per heavy atom. The van der Waals surface area contributed by atoms with E-state index < -0.39 is 23.8 Å². The average Bonchev–Trinajstić information content (AvgIpc) is 2.65. The molecule has 0 radical (unpaired) electrons. The lowest BCUT2D eigenvalue weighted by atomic mass is 10.2. The van der Waals surface area contributed by atoms with Gasteiger partial charge in [-0.3, -0.25) is 9.59 Å². The highest BCUT2D eigenvalue weighted by molar-refractivity contribution is 6.04. The second-order valence-corrected chi connectivity index (χ2v) is 6.04. The van der Waals surface area contributed by atoms with Gasteiger partial charge in [-0.05, 0) is 48.0 Å². The van der Waals surface area contributed by atoms with Gasteiger partial charge in [0.2, 0.25) is 0 Å². The Morgan fingerprint density at radius 2 is 1.62 bits per heavy atom. The van der Waals surface area contributed by atoms with Crippen molar-refractivity contribution in [2.45, 2.75) is 12.9 Å². The lowest BCUT2D eigenvalue weighted by Crippen LogP contribution is -2.22. The topological polar surface area (TPSA) is 60.3 Å². The smallest absolute Gasteiger partial charge is 0.406 e. The Labute approximate surface area is 162 Å². The molecule has 0 unspecified atom stereocenters. The predicted octanol–water partition coefficient (Wildman–Crippen LogP) is 4.19. The number of benzene rings is 2. The van der Waals surface area contributed by atoms with E-state index in [1.165, 1.54) is 59.3 Å². The number of rotatable bonds is 5. The van der Waals surface area contributed by atoms with Crippen LogP contribution in [0.3, 0.4) is 0 Å². The van der Waals surface area contributed by atoms with Gasteiger partial charge in [-0.2, -0.15) is 0 Å². The maximum Gasteiger partial charge on any atom is 0.573 e. The van der Waals surface area contributed by atoms with Crippen molar-refractivity contribution in [2.24, 2.45) is 0 Å². The minimum absolute atomic E-state index is 0.143. The van der Waals surface area contributed by atoms with E-state index in [9.17, 15) is 27.2 Å². The molecule has 1 amide bonds. The third kappa shape index (κ3) is 5.68. The molecule has 2 aromatic carbocycles. The molecule has 29 heavy (non-hydrogen) atoms. The van der Waals surface area contributed by atoms with Crippen molar-refractivity contribution in [1.29, 1.82) is 0 Å². The van der Waals surface area contributed by atoms with Gasteiger partial charge < -0.3 is 14.6 Å². The third-order valence-electron chi connectivity index (χ3n) is 3.86. The summed E-state index contributed by atoms with van der Waals surface area (Å²) in [5, 5.41) is 2.53. The number of amides is 1. The van der Waals surface area contributed by atoms with Crippen LogP contribution in [0.15, 0.2) is 71.7 Å². The molecular weight excluding hydrogens is 392 g/mol. The van der Waals surface area contributed by atoms with Crippen molar-refractivity contribution in [3.8, 4) is 5.75 Å². The molecule has 0 saturated carbocycles. The molecule has 3 rings (SSSR count). The van der Waals surface area contributed by atoms with Crippen LogP contribution in [0.25, 0.3) is 0 Å². The first-order valence-electron chi connectivity index (χ1n) is 8.32. The largest absolute Gasteiger partial charge is 0.573 e. The summed E-state index contributed by atoms with van der Waals surface area (Å²) in [5.41, 5.74) is 0.744. The van der Waals surface area contributed by atoms with Crippen LogP contribution < -0.4 is 15.6 Å². The van der Waals surface area contributed by atoms with Crippen molar-refractivity contribution in [3.05, 3.63) is 94.2 Å². The van der Waals surface area contributed by atoms with Gasteiger partial charge in [0.25, 0.3) is 11.5 Å². The second-order valence-electron chi connectivity index (χ2n) is 6.04. The van der Waals surface area contributed by atoms with Crippen LogP contribution >= 0.6 is 0 Å². The number of halogens is 4. The Hall–Kier alpha value is -3.62. The van der Waals surface area contributed by atoms with E-state index in [2.05, 4.69) is 10.1 Å². The predicted molar refractivity (Wildman–Crippen MR) is 97.3 cm³/mol. The van der Waals surface area contributed by atoms with E-state index in [1.54, 1.807) is 0 Å². The van der Waals surface area contributed by atoms with Crippen LogP contribution in [0.4, 0.5) is 23.2 Å². The number of carbonyl (C=O) groups is 1. The lowest BCUT2D eigenvalue weighted by molar-refractivity contribution is -0.274. The van der Waals surface area contributed by atoms with Crippen molar-refractivity contribution >= 4 is 11.6 Å². The van der Waals surface area contributed by atoms with Crippen LogP contribution in [0.5, 0.6) is 5.75 Å². The van der Waals surface area contributed by atoms with Gasteiger partial charge in [-0.25, -0.2) is 4.39 Å². The third-order valence-corrected chi connectivity index (χ3v) is 3.86. The molecule has 1 aromatic heterocycles. The van der Waals surface area contributed by atoms with Crippen LogP contribution in [0, 0.1) is 5.82 Å². The number of ether oxygens (including phenoxy) is 1. The molecular formula is C20H14F4N2O3. The van der Waals surface area contributed by atoms with Crippen LogP contribution in [-0.2, 0) is 6.54 Å². The Bertz CT molecular complexity index is 1060. The highest BCUT2D eigenvalue weighted by Gasteiger charge is 2.30. The molecule has 0 aliphatic carbocycles. The molecule has 1 heterocycles. The fraction of sp³-hybridized carbons (Fsp3) is 0.100. The summed E-state index contributed by atoms with van der Waals surface area (Å²) in [7, 11) is 0. The summed E-state index contributed by atoms with van der Waals surface area (Å²) >= 11 is 0. The Balaban J connectivity index is 1.72. The number of alkyl halides is 3. The summed E-state index contributed by atoms with van der Waals surface area (Å²) < 4.78 is 54.6. The molecule has 9 heteroatoms. The quantitative estimate of drug-likeness (QED) is 0.647. The number of hydrogen-bond acceptors (Lipinski definition) is 3. The van der Waals surface area contributed by atoms with Crippen LogP contribution in [0.1, 0.15) is 15.9 Å². The van der Waals surface area contributed by atoms with Crippen molar-refractivity contribution in [2.75, 3.05) is 5.32 Å². The molecule has 0 bridgehead atoms. The Kier molecular flexibility index (Phi) is 5.67. The highest BCUT2D eigenvalue weighted by atomic mass is 19.4. The van der Waals surface area contributed by atoms with Gasteiger partial charge in [0.15, 0.2) is 0 Å². The van der Waals surface area contributed by atoms with E-state index in [0.717, 1.165) is 12.1 Å². The van der Waals surface area contributed by atoms with E-state index in [4.69, 9.17) is 0 Å². The number of pyridine rings is 1. The summed E-state index contributed by atoms with van der Waals surface area (Å²) in [5.74, 6) is -1.37. The van der Waals surface area contributed by atoms with Crippen molar-refractivity contribution in [1.82, 2.24) is 4.57 Å². The molecule has 0 fully saturated rings. The van der Waals surface area contributed by atoms with Crippen LogP contribution in [-0.4, -0.2) is 16.8 Å². The number of nitrogens with zero attached hydrogens (tertiary/aromatic N) is 1. The second kappa shape index (κ2) is 8.17. The summed E-state index contributed by atoms with van der Waals surface area (Å²) in [4.78, 5) is 24.4. The van der Waals surface area contributed by atoms with Gasteiger partial charge in [0, 0.05) is 18.0 Å². The van der Waals surface area contributed by atoms with E-state index in [1.807, 2.05) is 0 Å². The van der Waals surface area contributed by atoms with Gasteiger partial charge in [-0.1, -0.05) is 12.1 Å². The molecule has 0 aliphatic heterocycles. The zero-order chi connectivity index (χ0) is 21.0. The first-order valence-corrected chi connectivity index (χ1v) is 8.32. The number of aromatic nitrogens is 1. The molecule has 0 atom stereocenters. The Morgan fingerprint density at radius 1 is 0.966 bits per heavy atom. The normalized spacial score (nSPS) is 11.2. The van der Waals surface area contributed by atoms with Crippen molar-refractivity contribution in [3.63, 3.8) is 0 Å². The first kappa shape index (κ1) is 20.1. The number of nitrogens with one attached hydrogen (secondary N) is 1. The molecule has 3 aromatic rings. The standard InChI is InChI=1S/C20H14F4N2O3/c21-15-4-1-13(2-5-15)11-26-12-14(3-10-18(26)27)19(28)25-16-6-8-17(9-7-16)29-20(22,23)24/h1-10,12H,11H2,(H,25,28). The minimum atomic E-state index is -4.80. The van der Waals surface area contributed by atoms with Crippen molar-refractivity contribution < 1.29 is 27.1 Å². The van der Waals surface area contributed by atoms with E-state index in [0.29, 0.717) is 5.56 Å². The maximum absolute atomic E-state index is 13.0. The SMILES string of the molecule is O=C(Nc1ccc(OC(F)(F)F)cc1)c1ccc(=O)n(Cc2ccc(F)cc2)c1. The molecule has 0 saturated heterocycles. The van der Waals surface area contributed by atoms with E-state index >= 15 is 0 Å². The van der Waals surface area contributed by atoms with Gasteiger partial charge >= 0.3 is 6.36 Å². The van der Waals surface area contributed by atoms with Gasteiger partial charge in [0.05, 0.1) is 12.1 Å². The summed E-state index contributed by atoms with van der Waals surface area (Å²) in [6.07, 6.45) is -3.45. The zero-order valence-corrected chi connectivity index (χ0v) is 14.7. The summed E-state index contributed by atoms with van der Waals surface area (Å²) in [6.45, 7) is 0.143. The summed E-state index contributed by atoms with van der Waals surface area (Å²) in [6, 6.07) is 12.8. The molecule has 5 nitrogen and oxygen atoms in total. The maximum atomic E-state index is 13.0. The fourth-order valence-electron chi connectivity index (χ4n) is 2.52. The molecule has 0 spiro atoms. The fourth-order valence-corrected chi connectivity index (χ4v) is 2.52. The highest BCUT2D eigenvalue weighted by Crippen LogP contribution is 2.24. The minimum Gasteiger partial charge on any atom is -0.406 e. The molecule has 150 valence electrons. The zero-order valence-electron chi connectivity index (χ0n) is 14.7. The molecule has 0 aliphatic rings. The average molecular weight is 406 g/mol. The van der Waals surface area contributed by atoms with Gasteiger partial charge in [0.1, 0.15) is 11.6 Å². The monoisotopic (exact) mass is 406 g/mol. The first-order chi connectivity index (χ1) is 13.7. The van der Waals surface area contributed by atoms with Gasteiger partial charge in [-0.15, -0.1) is 13.2 Å². The number of hydrogen-bond donors (Lipinski definition) is 1.